The molecule has 5 nitrogen and oxygen atoms in total. The fraction of sp³-hybridized carbons (Fsp3) is 0.438. The summed E-state index contributed by atoms with van der Waals surface area (Å²) in [6.07, 6.45) is 3.06. The summed E-state index contributed by atoms with van der Waals surface area (Å²) >= 11 is 0. The van der Waals surface area contributed by atoms with Gasteiger partial charge in [-0.1, -0.05) is 13.0 Å². The zero-order chi connectivity index (χ0) is 15.4. The zero-order valence-electron chi connectivity index (χ0n) is 13.2. The Balaban J connectivity index is 2.13. The van der Waals surface area contributed by atoms with Crippen molar-refractivity contribution >= 4 is 11.4 Å². The van der Waals surface area contributed by atoms with Gasteiger partial charge in [0.05, 0.1) is 23.2 Å². The summed E-state index contributed by atoms with van der Waals surface area (Å²) in [6.45, 7) is 6.79. The molecule has 0 unspecified atom stereocenters. The summed E-state index contributed by atoms with van der Waals surface area (Å²) in [7, 11) is 1.94. The second-order valence-corrected chi connectivity index (χ2v) is 5.37. The molecule has 0 bridgehead atoms. The molecule has 0 aliphatic heterocycles. The second kappa shape index (κ2) is 6.52. The molecule has 0 radical (unpaired) electrons. The topological polar surface area (TPSA) is 65.1 Å². The van der Waals surface area contributed by atoms with Crippen molar-refractivity contribution in [3.63, 3.8) is 0 Å². The molecule has 0 saturated carbocycles. The summed E-state index contributed by atoms with van der Waals surface area (Å²) in [5.74, 6) is 0.719. The van der Waals surface area contributed by atoms with Crippen LogP contribution in [0.25, 0.3) is 0 Å². The van der Waals surface area contributed by atoms with Crippen LogP contribution < -0.4 is 15.8 Å². The molecule has 1 aromatic heterocycles. The minimum atomic E-state index is 0.104. The lowest BCUT2D eigenvalue weighted by Crippen LogP contribution is -2.09. The fourth-order valence-corrected chi connectivity index (χ4v) is 2.27. The number of nitrogen functional groups attached to an aromatic ring is 1. The molecule has 0 spiro atoms. The van der Waals surface area contributed by atoms with Gasteiger partial charge < -0.3 is 15.8 Å². The summed E-state index contributed by atoms with van der Waals surface area (Å²) in [4.78, 5) is 0. The standard InChI is InChI=1S/C16H24N4O/c1-5-13-12(10-20(4)19-13)9-18-14-7-6-8-15(16(14)17)21-11(2)3/h6-8,10-11,18H,5,9,17H2,1-4H3. The Morgan fingerprint density at radius 2 is 2.14 bits per heavy atom. The first-order valence-corrected chi connectivity index (χ1v) is 7.31. The quantitative estimate of drug-likeness (QED) is 0.802. The number of hydrogen-bond acceptors (Lipinski definition) is 4. The van der Waals surface area contributed by atoms with Gasteiger partial charge in [-0.2, -0.15) is 5.10 Å². The number of nitrogens with zero attached hydrogens (tertiary/aromatic N) is 2. The van der Waals surface area contributed by atoms with Crippen LogP contribution in [0.5, 0.6) is 5.75 Å². The third-order valence-corrected chi connectivity index (χ3v) is 3.22. The Bertz CT molecular complexity index is 604. The largest absolute Gasteiger partial charge is 0.489 e. The lowest BCUT2D eigenvalue weighted by atomic mass is 10.2. The minimum Gasteiger partial charge on any atom is -0.489 e. The molecule has 5 heteroatoms. The highest BCUT2D eigenvalue weighted by Crippen LogP contribution is 2.30. The maximum atomic E-state index is 6.16. The van der Waals surface area contributed by atoms with Crippen LogP contribution in [0.4, 0.5) is 11.4 Å². The lowest BCUT2D eigenvalue weighted by molar-refractivity contribution is 0.244. The van der Waals surface area contributed by atoms with Crippen molar-refractivity contribution in [3.8, 4) is 5.75 Å². The molecular formula is C16H24N4O. The Labute approximate surface area is 126 Å². The Hall–Kier alpha value is -2.17. The lowest BCUT2D eigenvalue weighted by Gasteiger charge is -2.15. The number of nitrogens with two attached hydrogens (primary N) is 1. The van der Waals surface area contributed by atoms with Gasteiger partial charge in [0.15, 0.2) is 0 Å². The fourth-order valence-electron chi connectivity index (χ4n) is 2.27. The predicted molar refractivity (Wildman–Crippen MR) is 86.5 cm³/mol. The number of rotatable bonds is 6. The molecule has 0 amide bonds. The van der Waals surface area contributed by atoms with Gasteiger partial charge in [-0.25, -0.2) is 0 Å². The Morgan fingerprint density at radius 1 is 1.38 bits per heavy atom. The molecule has 0 atom stereocenters. The highest BCUT2D eigenvalue weighted by Gasteiger charge is 2.09. The molecule has 114 valence electrons. The second-order valence-electron chi connectivity index (χ2n) is 5.37. The Kier molecular flexibility index (Phi) is 4.73. The molecule has 21 heavy (non-hydrogen) atoms. The van der Waals surface area contributed by atoms with Gasteiger partial charge in [-0.15, -0.1) is 0 Å². The summed E-state index contributed by atoms with van der Waals surface area (Å²) in [5.41, 5.74) is 10.00. The van der Waals surface area contributed by atoms with E-state index in [0.29, 0.717) is 12.2 Å². The van der Waals surface area contributed by atoms with Crippen LogP contribution in [-0.4, -0.2) is 15.9 Å². The average Bonchev–Trinajstić information content (AvgIpc) is 2.79. The van der Waals surface area contributed by atoms with E-state index in [4.69, 9.17) is 10.5 Å². The number of nitrogens with one attached hydrogen (secondary N) is 1. The van der Waals surface area contributed by atoms with E-state index in [2.05, 4.69) is 17.3 Å². The average molecular weight is 288 g/mol. The number of ether oxygens (including phenoxy) is 1. The van der Waals surface area contributed by atoms with Crippen molar-refractivity contribution in [2.24, 2.45) is 7.05 Å². The molecular weight excluding hydrogens is 264 g/mol. The first kappa shape index (κ1) is 15.2. The molecule has 3 N–H and O–H groups in total. The first-order valence-electron chi connectivity index (χ1n) is 7.31. The van der Waals surface area contributed by atoms with Crippen LogP contribution >= 0.6 is 0 Å². The molecule has 0 aliphatic carbocycles. The van der Waals surface area contributed by atoms with Crippen LogP contribution in [0, 0.1) is 0 Å². The van der Waals surface area contributed by atoms with Crippen LogP contribution in [-0.2, 0) is 20.0 Å². The normalized spacial score (nSPS) is 10.9. The van der Waals surface area contributed by atoms with E-state index in [1.807, 2.05) is 50.0 Å². The smallest absolute Gasteiger partial charge is 0.144 e. The monoisotopic (exact) mass is 288 g/mol. The highest BCUT2D eigenvalue weighted by molar-refractivity contribution is 5.73. The number of para-hydroxylation sites is 1. The van der Waals surface area contributed by atoms with E-state index in [1.165, 1.54) is 5.56 Å². The number of benzene rings is 1. The molecule has 1 aromatic carbocycles. The van der Waals surface area contributed by atoms with E-state index in [-0.39, 0.29) is 6.10 Å². The van der Waals surface area contributed by atoms with Crippen molar-refractivity contribution in [3.05, 3.63) is 35.7 Å². The van der Waals surface area contributed by atoms with Crippen LogP contribution in [0.3, 0.4) is 0 Å². The maximum absolute atomic E-state index is 6.16. The van der Waals surface area contributed by atoms with E-state index in [1.54, 1.807) is 0 Å². The predicted octanol–water partition coefficient (Wildman–Crippen LogP) is 2.96. The van der Waals surface area contributed by atoms with Crippen molar-refractivity contribution < 1.29 is 4.74 Å². The van der Waals surface area contributed by atoms with Gasteiger partial charge >= 0.3 is 0 Å². The molecule has 1 heterocycles. The molecule has 0 aliphatic rings. The van der Waals surface area contributed by atoms with Crippen LogP contribution in [0.15, 0.2) is 24.4 Å². The first-order chi connectivity index (χ1) is 10.0. The van der Waals surface area contributed by atoms with Crippen molar-refractivity contribution in [2.45, 2.75) is 39.8 Å². The van der Waals surface area contributed by atoms with E-state index < -0.39 is 0 Å². The van der Waals surface area contributed by atoms with Gasteiger partial charge in [0.2, 0.25) is 0 Å². The Morgan fingerprint density at radius 3 is 2.81 bits per heavy atom. The minimum absolute atomic E-state index is 0.104. The van der Waals surface area contributed by atoms with Gasteiger partial charge in [-0.05, 0) is 32.4 Å². The van der Waals surface area contributed by atoms with Gasteiger partial charge in [0.25, 0.3) is 0 Å². The van der Waals surface area contributed by atoms with E-state index >= 15 is 0 Å². The maximum Gasteiger partial charge on any atom is 0.144 e. The molecule has 2 aromatic rings. The summed E-state index contributed by atoms with van der Waals surface area (Å²) < 4.78 is 7.55. The third kappa shape index (κ3) is 3.68. The van der Waals surface area contributed by atoms with Crippen LogP contribution in [0.2, 0.25) is 0 Å². The van der Waals surface area contributed by atoms with Gasteiger partial charge in [0, 0.05) is 25.4 Å². The van der Waals surface area contributed by atoms with Gasteiger partial charge in [-0.3, -0.25) is 4.68 Å². The number of hydrogen-bond donors (Lipinski definition) is 2. The van der Waals surface area contributed by atoms with E-state index in [0.717, 1.165) is 23.6 Å². The van der Waals surface area contributed by atoms with Crippen molar-refractivity contribution in [1.82, 2.24) is 9.78 Å². The summed E-state index contributed by atoms with van der Waals surface area (Å²) in [6, 6.07) is 5.80. The highest BCUT2D eigenvalue weighted by atomic mass is 16.5. The molecule has 0 saturated heterocycles. The number of anilines is 2. The summed E-state index contributed by atoms with van der Waals surface area (Å²) in [5, 5.41) is 7.81. The van der Waals surface area contributed by atoms with E-state index in [9.17, 15) is 0 Å². The SMILES string of the molecule is CCc1nn(C)cc1CNc1cccc(OC(C)C)c1N. The van der Waals surface area contributed by atoms with Gasteiger partial charge in [0.1, 0.15) is 5.75 Å². The molecule has 2 rings (SSSR count). The van der Waals surface area contributed by atoms with Crippen molar-refractivity contribution in [1.29, 1.82) is 0 Å². The zero-order valence-corrected chi connectivity index (χ0v) is 13.2. The third-order valence-electron chi connectivity index (χ3n) is 3.22. The van der Waals surface area contributed by atoms with Crippen molar-refractivity contribution in [2.75, 3.05) is 11.1 Å². The molecule has 0 fully saturated rings. The number of aryl methyl sites for hydroxylation is 2. The number of aromatic nitrogens is 2. The van der Waals surface area contributed by atoms with Crippen LogP contribution in [0.1, 0.15) is 32.0 Å².